The second kappa shape index (κ2) is 11.8. The number of rotatable bonds is 8. The summed E-state index contributed by atoms with van der Waals surface area (Å²) in [6.07, 6.45) is 4.95. The first-order valence-electron chi connectivity index (χ1n) is 9.18. The second-order valence-electron chi connectivity index (χ2n) is 6.36. The fourth-order valence-electron chi connectivity index (χ4n) is 3.03. The Morgan fingerprint density at radius 3 is 3.07 bits per heavy atom. The Morgan fingerprint density at radius 1 is 1.43 bits per heavy atom. The van der Waals surface area contributed by atoms with Crippen molar-refractivity contribution >= 4 is 35.8 Å². The van der Waals surface area contributed by atoms with Gasteiger partial charge >= 0.3 is 0 Å². The van der Waals surface area contributed by atoms with E-state index in [1.165, 1.54) is 6.07 Å². The number of nitrogens with zero attached hydrogens (tertiary/aromatic N) is 3. The molecular formula is C19H27FIN5O2. The molecule has 0 spiro atoms. The van der Waals surface area contributed by atoms with E-state index in [0.29, 0.717) is 32.1 Å². The van der Waals surface area contributed by atoms with Crippen molar-refractivity contribution in [1.82, 2.24) is 15.6 Å². The van der Waals surface area contributed by atoms with Crippen LogP contribution in [-0.4, -0.2) is 56.9 Å². The lowest BCUT2D eigenvalue weighted by atomic mass is 10.3. The summed E-state index contributed by atoms with van der Waals surface area (Å²) in [6, 6.07) is 7.05. The zero-order valence-corrected chi connectivity index (χ0v) is 18.3. The molecule has 0 saturated carbocycles. The minimum absolute atomic E-state index is 0. The summed E-state index contributed by atoms with van der Waals surface area (Å²) in [5.41, 5.74) is 0. The lowest BCUT2D eigenvalue weighted by molar-refractivity contribution is 0.208. The molecule has 1 aliphatic heterocycles. The summed E-state index contributed by atoms with van der Waals surface area (Å²) in [7, 11) is 1.66. The van der Waals surface area contributed by atoms with E-state index < -0.39 is 0 Å². The molecule has 2 aromatic heterocycles. The van der Waals surface area contributed by atoms with Gasteiger partial charge in [-0.15, -0.1) is 24.0 Å². The number of hydrogen-bond acceptors (Lipinski definition) is 5. The van der Waals surface area contributed by atoms with Crippen LogP contribution in [0.4, 0.5) is 10.2 Å². The van der Waals surface area contributed by atoms with Crippen LogP contribution in [0, 0.1) is 5.82 Å². The Hall–Kier alpha value is -1.88. The number of methoxy groups -OCH3 is 1. The van der Waals surface area contributed by atoms with Crippen LogP contribution in [0.25, 0.3) is 0 Å². The molecule has 0 aliphatic carbocycles. The van der Waals surface area contributed by atoms with Gasteiger partial charge in [0.15, 0.2) is 17.6 Å². The molecule has 0 radical (unpaired) electrons. The van der Waals surface area contributed by atoms with Crippen molar-refractivity contribution in [3.63, 3.8) is 0 Å². The predicted octanol–water partition coefficient (Wildman–Crippen LogP) is 2.43. The first-order valence-corrected chi connectivity index (χ1v) is 9.18. The fraction of sp³-hybridized carbons (Fsp3) is 0.474. The molecule has 3 rings (SSSR count). The van der Waals surface area contributed by atoms with Crippen LogP contribution in [0.15, 0.2) is 46.1 Å². The molecule has 1 unspecified atom stereocenters. The molecule has 0 amide bonds. The van der Waals surface area contributed by atoms with Crippen molar-refractivity contribution in [2.75, 3.05) is 44.8 Å². The molecule has 1 aliphatic rings. The van der Waals surface area contributed by atoms with Crippen molar-refractivity contribution in [2.45, 2.75) is 18.9 Å². The highest BCUT2D eigenvalue weighted by Gasteiger charge is 2.25. The lowest BCUT2D eigenvalue weighted by Gasteiger charge is -2.20. The van der Waals surface area contributed by atoms with Crippen LogP contribution in [0.1, 0.15) is 12.2 Å². The highest BCUT2D eigenvalue weighted by molar-refractivity contribution is 14.0. The lowest BCUT2D eigenvalue weighted by Crippen LogP contribution is -2.45. The number of hydrogen-bond donors (Lipinski definition) is 2. The van der Waals surface area contributed by atoms with Crippen LogP contribution in [0.5, 0.6) is 0 Å². The molecule has 1 fully saturated rings. The van der Waals surface area contributed by atoms with Crippen molar-refractivity contribution in [3.05, 3.63) is 48.3 Å². The van der Waals surface area contributed by atoms with Gasteiger partial charge in [0.25, 0.3) is 0 Å². The molecule has 154 valence electrons. The molecule has 1 saturated heterocycles. The van der Waals surface area contributed by atoms with E-state index in [4.69, 9.17) is 9.15 Å². The third-order valence-electron chi connectivity index (χ3n) is 4.38. The van der Waals surface area contributed by atoms with Crippen LogP contribution < -0.4 is 15.5 Å². The second-order valence-corrected chi connectivity index (χ2v) is 6.36. The van der Waals surface area contributed by atoms with Gasteiger partial charge in [0.2, 0.25) is 0 Å². The summed E-state index contributed by atoms with van der Waals surface area (Å²) in [5.74, 6) is 1.78. The van der Waals surface area contributed by atoms with E-state index in [2.05, 4.69) is 20.6 Å². The number of pyridine rings is 1. The molecule has 0 aromatic carbocycles. The normalized spacial score (nSPS) is 16.7. The van der Waals surface area contributed by atoms with E-state index in [9.17, 15) is 4.39 Å². The summed E-state index contributed by atoms with van der Waals surface area (Å²) in [6.45, 7) is 3.26. The average molecular weight is 503 g/mol. The van der Waals surface area contributed by atoms with E-state index >= 15 is 0 Å². The molecule has 3 heterocycles. The third kappa shape index (κ3) is 6.62. The third-order valence-corrected chi connectivity index (χ3v) is 4.38. The first kappa shape index (κ1) is 22.4. The molecule has 2 N–H and O–H groups in total. The number of nitrogens with one attached hydrogen (secondary N) is 2. The number of aromatic nitrogens is 1. The minimum atomic E-state index is -0.288. The largest absolute Gasteiger partial charge is 0.469 e. The Labute approximate surface area is 181 Å². The van der Waals surface area contributed by atoms with Crippen molar-refractivity contribution in [1.29, 1.82) is 0 Å². The van der Waals surface area contributed by atoms with Crippen LogP contribution in [0.3, 0.4) is 0 Å². The first-order chi connectivity index (χ1) is 13.3. The number of guanidine groups is 1. The Balaban J connectivity index is 0.00000280. The number of furan rings is 1. The molecule has 7 nitrogen and oxygen atoms in total. The van der Waals surface area contributed by atoms with Gasteiger partial charge in [-0.05, 0) is 30.7 Å². The molecule has 28 heavy (non-hydrogen) atoms. The van der Waals surface area contributed by atoms with Crippen LogP contribution in [0.2, 0.25) is 0 Å². The van der Waals surface area contributed by atoms with E-state index in [1.54, 1.807) is 25.6 Å². The Kier molecular flexibility index (Phi) is 9.48. The fourth-order valence-corrected chi connectivity index (χ4v) is 3.03. The van der Waals surface area contributed by atoms with Gasteiger partial charge in [0.1, 0.15) is 5.76 Å². The maximum Gasteiger partial charge on any atom is 0.191 e. The number of aliphatic imine (C=N–C) groups is 1. The van der Waals surface area contributed by atoms with Crippen molar-refractivity contribution in [3.8, 4) is 0 Å². The van der Waals surface area contributed by atoms with E-state index in [-0.39, 0.29) is 35.8 Å². The standard InChI is InChI=1S/C19H26FN5O2.HI/c1-26-13-10-23-19(22-9-6-16-4-3-12-27-16)24-15-7-11-25(14-15)18-17(20)5-2-8-21-18;/h2-5,8,12,15H,6-7,9-11,13-14H2,1H3,(H2,22,23,24);1H. The molecule has 2 aromatic rings. The maximum atomic E-state index is 14.0. The molecule has 9 heteroatoms. The highest BCUT2D eigenvalue weighted by Crippen LogP contribution is 2.20. The average Bonchev–Trinajstić information content (AvgIpc) is 3.34. The van der Waals surface area contributed by atoms with Crippen LogP contribution >= 0.6 is 24.0 Å². The topological polar surface area (TPSA) is 74.9 Å². The van der Waals surface area contributed by atoms with Gasteiger partial charge in [-0.1, -0.05) is 0 Å². The molecule has 1 atom stereocenters. The Bertz CT molecular complexity index is 729. The smallest absolute Gasteiger partial charge is 0.191 e. The van der Waals surface area contributed by atoms with Crippen molar-refractivity contribution in [2.24, 2.45) is 4.99 Å². The predicted molar refractivity (Wildman–Crippen MR) is 118 cm³/mol. The van der Waals surface area contributed by atoms with Gasteiger partial charge in [0.05, 0.1) is 19.4 Å². The van der Waals surface area contributed by atoms with Crippen molar-refractivity contribution < 1.29 is 13.5 Å². The minimum Gasteiger partial charge on any atom is -0.469 e. The molecule has 0 bridgehead atoms. The van der Waals surface area contributed by atoms with Gasteiger partial charge < -0.3 is 24.7 Å². The summed E-state index contributed by atoms with van der Waals surface area (Å²) in [4.78, 5) is 10.7. The van der Waals surface area contributed by atoms with Gasteiger partial charge in [-0.25, -0.2) is 9.37 Å². The van der Waals surface area contributed by atoms with E-state index in [1.807, 2.05) is 17.0 Å². The summed E-state index contributed by atoms with van der Waals surface area (Å²) < 4.78 is 24.4. The van der Waals surface area contributed by atoms with Crippen LogP contribution in [-0.2, 0) is 11.2 Å². The Morgan fingerprint density at radius 2 is 2.32 bits per heavy atom. The van der Waals surface area contributed by atoms with Gasteiger partial charge in [-0.3, -0.25) is 4.99 Å². The van der Waals surface area contributed by atoms with E-state index in [0.717, 1.165) is 31.1 Å². The SMILES string of the molecule is COCCN=C(NCCc1ccco1)NC1CCN(c2ncccc2F)C1.I. The number of anilines is 1. The highest BCUT2D eigenvalue weighted by atomic mass is 127. The summed E-state index contributed by atoms with van der Waals surface area (Å²) >= 11 is 0. The molecular weight excluding hydrogens is 476 g/mol. The van der Waals surface area contributed by atoms with Gasteiger partial charge in [-0.2, -0.15) is 0 Å². The zero-order chi connectivity index (χ0) is 18.9. The maximum absolute atomic E-state index is 14.0. The van der Waals surface area contributed by atoms with Gasteiger partial charge in [0, 0.05) is 45.4 Å². The summed E-state index contributed by atoms with van der Waals surface area (Å²) in [5, 5.41) is 6.76. The number of halogens is 2. The monoisotopic (exact) mass is 503 g/mol. The number of ether oxygens (including phenoxy) is 1. The zero-order valence-electron chi connectivity index (χ0n) is 15.9. The quantitative estimate of drug-likeness (QED) is 0.250.